The van der Waals surface area contributed by atoms with E-state index >= 15 is 0 Å². The van der Waals surface area contributed by atoms with Crippen LogP contribution >= 0.6 is 11.6 Å². The van der Waals surface area contributed by atoms with Gasteiger partial charge in [-0.1, -0.05) is 60.1 Å². The Balaban J connectivity index is 1.65. The van der Waals surface area contributed by atoms with Crippen LogP contribution in [0.5, 0.6) is 5.75 Å². The number of ether oxygens (including phenoxy) is 1. The topological polar surface area (TPSA) is 26.3 Å². The summed E-state index contributed by atoms with van der Waals surface area (Å²) in [4.78, 5) is 12.3. The quantitative estimate of drug-likeness (QED) is 0.448. The molecule has 0 fully saturated rings. The molecule has 0 unspecified atom stereocenters. The van der Waals surface area contributed by atoms with Crippen molar-refractivity contribution < 1.29 is 9.53 Å². The van der Waals surface area contributed by atoms with Gasteiger partial charge in [-0.2, -0.15) is 0 Å². The number of ketones is 1. The lowest BCUT2D eigenvalue weighted by atomic mass is 9.99. The molecule has 0 saturated carbocycles. The van der Waals surface area contributed by atoms with Gasteiger partial charge in [-0.25, -0.2) is 0 Å². The Kier molecular flexibility index (Phi) is 4.12. The predicted molar refractivity (Wildman–Crippen MR) is 102 cm³/mol. The van der Waals surface area contributed by atoms with Crippen LogP contribution in [0.1, 0.15) is 15.9 Å². The van der Waals surface area contributed by atoms with Gasteiger partial charge in [0, 0.05) is 16.1 Å². The molecule has 25 heavy (non-hydrogen) atoms. The lowest BCUT2D eigenvalue weighted by Crippen LogP contribution is -2.06. The van der Waals surface area contributed by atoms with Crippen LogP contribution in [0.3, 0.4) is 0 Å². The molecule has 0 N–H and O–H groups in total. The molecule has 0 radical (unpaired) electrons. The first-order valence-corrected chi connectivity index (χ1v) is 8.41. The molecule has 0 bridgehead atoms. The summed E-state index contributed by atoms with van der Waals surface area (Å²) in [5.74, 6) is 0.795. The molecule has 0 saturated heterocycles. The van der Waals surface area contributed by atoms with E-state index in [1.165, 1.54) is 5.39 Å². The molecule has 1 aliphatic heterocycles. The zero-order valence-electron chi connectivity index (χ0n) is 13.4. The molecular weight excluding hydrogens is 332 g/mol. The lowest BCUT2D eigenvalue weighted by molar-refractivity contribution is 0.104. The second-order valence-corrected chi connectivity index (χ2v) is 6.35. The Morgan fingerprint density at radius 1 is 1.04 bits per heavy atom. The Bertz CT molecular complexity index is 1030. The Hall–Kier alpha value is -2.84. The van der Waals surface area contributed by atoms with Gasteiger partial charge < -0.3 is 4.74 Å². The molecule has 0 aromatic heterocycles. The summed E-state index contributed by atoms with van der Waals surface area (Å²) in [6, 6.07) is 19.2. The van der Waals surface area contributed by atoms with Crippen LogP contribution in [0.2, 0.25) is 5.02 Å². The lowest BCUT2D eigenvalue weighted by Gasteiger charge is -2.18. The first-order valence-electron chi connectivity index (χ1n) is 8.04. The highest BCUT2D eigenvalue weighted by atomic mass is 35.5. The minimum Gasteiger partial charge on any atom is -0.488 e. The molecule has 122 valence electrons. The minimum atomic E-state index is -0.0767. The fourth-order valence-corrected chi connectivity index (χ4v) is 3.15. The molecule has 0 spiro atoms. The first-order chi connectivity index (χ1) is 12.2. The van der Waals surface area contributed by atoms with E-state index in [4.69, 9.17) is 16.3 Å². The molecule has 3 heteroatoms. The number of rotatable bonds is 3. The first kappa shape index (κ1) is 15.7. The van der Waals surface area contributed by atoms with Gasteiger partial charge in [0.2, 0.25) is 0 Å². The van der Waals surface area contributed by atoms with E-state index in [0.717, 1.165) is 22.3 Å². The Morgan fingerprint density at radius 3 is 2.80 bits per heavy atom. The summed E-state index contributed by atoms with van der Waals surface area (Å²) in [6.45, 7) is 0.449. The van der Waals surface area contributed by atoms with E-state index in [1.54, 1.807) is 30.3 Å². The average molecular weight is 347 g/mol. The standard InChI is InChI=1S/C22H15ClO2/c23-18-6-3-5-17(13-18)21(24)10-8-15-12-20-19-7-2-1-4-16(19)9-11-22(20)25-14-15/h1-13H,14H2/b10-8+. The molecule has 3 aromatic rings. The number of carbonyl (C=O) groups excluding carboxylic acids is 1. The second-order valence-electron chi connectivity index (χ2n) is 5.91. The third-order valence-electron chi connectivity index (χ3n) is 4.21. The number of allylic oxidation sites excluding steroid dienone is 1. The van der Waals surface area contributed by atoms with E-state index in [2.05, 4.69) is 24.3 Å². The van der Waals surface area contributed by atoms with Crippen LogP contribution < -0.4 is 4.74 Å². The van der Waals surface area contributed by atoms with Crippen LogP contribution in [-0.2, 0) is 0 Å². The van der Waals surface area contributed by atoms with Crippen molar-refractivity contribution in [1.82, 2.24) is 0 Å². The summed E-state index contributed by atoms with van der Waals surface area (Å²) in [5.41, 5.74) is 2.59. The monoisotopic (exact) mass is 346 g/mol. The summed E-state index contributed by atoms with van der Waals surface area (Å²) in [7, 11) is 0. The van der Waals surface area contributed by atoms with Gasteiger partial charge in [-0.3, -0.25) is 4.79 Å². The molecule has 0 aliphatic carbocycles. The maximum atomic E-state index is 12.3. The van der Waals surface area contributed by atoms with Crippen molar-refractivity contribution in [2.45, 2.75) is 0 Å². The van der Waals surface area contributed by atoms with Crippen LogP contribution in [0, 0.1) is 0 Å². The average Bonchev–Trinajstić information content (AvgIpc) is 2.66. The highest BCUT2D eigenvalue weighted by Gasteiger charge is 2.13. The van der Waals surface area contributed by atoms with Gasteiger partial charge in [0.15, 0.2) is 5.78 Å². The largest absolute Gasteiger partial charge is 0.488 e. The summed E-state index contributed by atoms with van der Waals surface area (Å²) >= 11 is 5.94. The summed E-state index contributed by atoms with van der Waals surface area (Å²) in [5, 5.41) is 2.87. The number of hydrogen-bond donors (Lipinski definition) is 0. The second kappa shape index (κ2) is 6.58. The molecular formula is C22H15ClO2. The number of fused-ring (bicyclic) bond motifs is 3. The highest BCUT2D eigenvalue weighted by molar-refractivity contribution is 6.31. The number of hydrogen-bond acceptors (Lipinski definition) is 2. The Morgan fingerprint density at radius 2 is 1.92 bits per heavy atom. The van der Waals surface area contributed by atoms with Gasteiger partial charge in [0.05, 0.1) is 0 Å². The highest BCUT2D eigenvalue weighted by Crippen LogP contribution is 2.33. The van der Waals surface area contributed by atoms with Crippen molar-refractivity contribution >= 4 is 34.2 Å². The normalized spacial score (nSPS) is 13.4. The molecule has 1 aliphatic rings. The predicted octanol–water partition coefficient (Wildman–Crippen LogP) is 5.71. The maximum absolute atomic E-state index is 12.3. The van der Waals surface area contributed by atoms with E-state index < -0.39 is 0 Å². The third kappa shape index (κ3) is 3.21. The zero-order chi connectivity index (χ0) is 17.2. The van der Waals surface area contributed by atoms with Gasteiger partial charge in [-0.15, -0.1) is 0 Å². The van der Waals surface area contributed by atoms with E-state index in [1.807, 2.05) is 24.3 Å². The van der Waals surface area contributed by atoms with Gasteiger partial charge in [0.1, 0.15) is 12.4 Å². The molecule has 1 heterocycles. The maximum Gasteiger partial charge on any atom is 0.185 e. The van der Waals surface area contributed by atoms with Crippen molar-refractivity contribution in [2.24, 2.45) is 0 Å². The van der Waals surface area contributed by atoms with Crippen molar-refractivity contribution in [2.75, 3.05) is 6.61 Å². The fraction of sp³-hybridized carbons (Fsp3) is 0.0455. The van der Waals surface area contributed by atoms with Crippen molar-refractivity contribution in [3.8, 4) is 5.75 Å². The number of benzene rings is 3. The van der Waals surface area contributed by atoms with Crippen LogP contribution in [0.15, 0.2) is 78.4 Å². The Labute approximate surface area is 151 Å². The van der Waals surface area contributed by atoms with Crippen molar-refractivity contribution in [3.05, 3.63) is 94.5 Å². The smallest absolute Gasteiger partial charge is 0.185 e. The number of carbonyl (C=O) groups is 1. The van der Waals surface area contributed by atoms with Crippen molar-refractivity contribution in [3.63, 3.8) is 0 Å². The summed E-state index contributed by atoms with van der Waals surface area (Å²) < 4.78 is 5.85. The molecule has 3 aromatic carbocycles. The van der Waals surface area contributed by atoms with Crippen LogP contribution in [0.25, 0.3) is 16.8 Å². The fourth-order valence-electron chi connectivity index (χ4n) is 2.96. The van der Waals surface area contributed by atoms with Gasteiger partial charge >= 0.3 is 0 Å². The molecule has 0 atom stereocenters. The number of halogens is 1. The van der Waals surface area contributed by atoms with Crippen molar-refractivity contribution in [1.29, 1.82) is 0 Å². The minimum absolute atomic E-state index is 0.0767. The molecule has 2 nitrogen and oxygen atoms in total. The molecule has 4 rings (SSSR count). The van der Waals surface area contributed by atoms with Crippen LogP contribution in [0.4, 0.5) is 0 Å². The van der Waals surface area contributed by atoms with Gasteiger partial charge in [0.25, 0.3) is 0 Å². The SMILES string of the molecule is O=C(/C=C/C1=Cc2c(ccc3ccccc23)OC1)c1cccc(Cl)c1. The molecule has 0 amide bonds. The summed E-state index contributed by atoms with van der Waals surface area (Å²) in [6.07, 6.45) is 5.47. The van der Waals surface area contributed by atoms with Gasteiger partial charge in [-0.05, 0) is 46.7 Å². The zero-order valence-corrected chi connectivity index (χ0v) is 14.2. The van der Waals surface area contributed by atoms with E-state index in [-0.39, 0.29) is 5.78 Å². The third-order valence-corrected chi connectivity index (χ3v) is 4.45. The van der Waals surface area contributed by atoms with E-state index in [0.29, 0.717) is 17.2 Å². The van der Waals surface area contributed by atoms with Crippen LogP contribution in [-0.4, -0.2) is 12.4 Å². The van der Waals surface area contributed by atoms with E-state index in [9.17, 15) is 4.79 Å².